The first-order chi connectivity index (χ1) is 14.0. The van der Waals surface area contributed by atoms with Crippen LogP contribution >= 0.6 is 0 Å². The molecule has 0 bridgehead atoms. The highest BCUT2D eigenvalue weighted by Gasteiger charge is 2.26. The Kier molecular flexibility index (Phi) is 5.53. The minimum Gasteiger partial charge on any atom is -0.454 e. The Bertz CT molecular complexity index is 954. The molecule has 1 fully saturated rings. The Hall–Kier alpha value is -2.86. The predicted octanol–water partition coefficient (Wildman–Crippen LogP) is 3.67. The maximum Gasteiger partial charge on any atom is 0.248 e. The largest absolute Gasteiger partial charge is 0.454 e. The van der Waals surface area contributed by atoms with Gasteiger partial charge in [-0.15, -0.1) is 0 Å². The Balaban J connectivity index is 1.70. The summed E-state index contributed by atoms with van der Waals surface area (Å²) >= 11 is 0. The van der Waals surface area contributed by atoms with Crippen molar-refractivity contribution in [3.05, 3.63) is 53.1 Å². The molecule has 6 nitrogen and oxygen atoms in total. The number of amides is 1. The number of aliphatic imine (C=N–C) groups is 1. The van der Waals surface area contributed by atoms with Gasteiger partial charge >= 0.3 is 0 Å². The average Bonchev–Trinajstić information content (AvgIpc) is 3.03. The number of methoxy groups -OCH3 is 1. The van der Waals surface area contributed by atoms with Gasteiger partial charge in [0.1, 0.15) is 23.9 Å². The number of aryl methyl sites for hydroxylation is 2. The van der Waals surface area contributed by atoms with E-state index in [0.717, 1.165) is 65.8 Å². The molecule has 0 radical (unpaired) electrons. The fourth-order valence-electron chi connectivity index (χ4n) is 3.83. The molecule has 0 saturated carbocycles. The number of ether oxygens (including phenoxy) is 2. The van der Waals surface area contributed by atoms with Crippen molar-refractivity contribution in [1.29, 1.82) is 0 Å². The van der Waals surface area contributed by atoms with Crippen LogP contribution in [0, 0.1) is 13.8 Å². The molecule has 0 atom stereocenters. The SMILES string of the molecule is COCC(=O)N1CCCN(C2=Nc3ccc(C)cc3Oc3ccc(C)cc32)CC1. The number of hydrogen-bond donors (Lipinski definition) is 0. The minimum atomic E-state index is 0.0394. The number of nitrogens with zero attached hydrogens (tertiary/aromatic N) is 3. The molecule has 2 aromatic carbocycles. The van der Waals surface area contributed by atoms with Crippen LogP contribution in [-0.2, 0) is 9.53 Å². The number of benzene rings is 2. The van der Waals surface area contributed by atoms with Gasteiger partial charge in [-0.25, -0.2) is 4.99 Å². The van der Waals surface area contributed by atoms with Crippen molar-refractivity contribution >= 4 is 17.4 Å². The van der Waals surface area contributed by atoms with Gasteiger partial charge in [-0.1, -0.05) is 17.7 Å². The fourth-order valence-corrected chi connectivity index (χ4v) is 3.83. The summed E-state index contributed by atoms with van der Waals surface area (Å²) in [5.74, 6) is 2.54. The molecule has 1 saturated heterocycles. The van der Waals surface area contributed by atoms with Gasteiger partial charge in [-0.05, 0) is 50.1 Å². The first-order valence-electron chi connectivity index (χ1n) is 10.0. The van der Waals surface area contributed by atoms with Gasteiger partial charge in [0.15, 0.2) is 5.75 Å². The molecule has 4 rings (SSSR count). The molecule has 0 aliphatic carbocycles. The van der Waals surface area contributed by atoms with Gasteiger partial charge in [0.05, 0.1) is 5.56 Å². The lowest BCUT2D eigenvalue weighted by Crippen LogP contribution is -2.39. The van der Waals surface area contributed by atoms with Crippen molar-refractivity contribution < 1.29 is 14.3 Å². The van der Waals surface area contributed by atoms with Crippen LogP contribution in [0.2, 0.25) is 0 Å². The van der Waals surface area contributed by atoms with E-state index >= 15 is 0 Å². The third-order valence-electron chi connectivity index (χ3n) is 5.35. The molecule has 2 heterocycles. The van der Waals surface area contributed by atoms with Crippen LogP contribution in [0.1, 0.15) is 23.1 Å². The smallest absolute Gasteiger partial charge is 0.248 e. The molecule has 29 heavy (non-hydrogen) atoms. The second-order valence-electron chi connectivity index (χ2n) is 7.66. The Morgan fingerprint density at radius 2 is 1.83 bits per heavy atom. The zero-order valence-corrected chi connectivity index (χ0v) is 17.3. The van der Waals surface area contributed by atoms with E-state index in [1.54, 1.807) is 7.11 Å². The van der Waals surface area contributed by atoms with E-state index in [-0.39, 0.29) is 12.5 Å². The second kappa shape index (κ2) is 8.25. The summed E-state index contributed by atoms with van der Waals surface area (Å²) in [4.78, 5) is 21.4. The van der Waals surface area contributed by atoms with Crippen molar-refractivity contribution in [3.8, 4) is 11.5 Å². The maximum atomic E-state index is 12.3. The number of amidine groups is 1. The highest BCUT2D eigenvalue weighted by Crippen LogP contribution is 2.39. The second-order valence-corrected chi connectivity index (χ2v) is 7.66. The Morgan fingerprint density at radius 1 is 1.03 bits per heavy atom. The van der Waals surface area contributed by atoms with Crippen molar-refractivity contribution in [1.82, 2.24) is 9.80 Å². The Labute approximate surface area is 171 Å². The van der Waals surface area contributed by atoms with Crippen molar-refractivity contribution in [2.24, 2.45) is 4.99 Å². The molecular weight excluding hydrogens is 366 g/mol. The van der Waals surface area contributed by atoms with Gasteiger partial charge in [-0.2, -0.15) is 0 Å². The number of carbonyl (C=O) groups excluding carboxylic acids is 1. The molecule has 0 aromatic heterocycles. The molecule has 0 N–H and O–H groups in total. The lowest BCUT2D eigenvalue weighted by atomic mass is 10.1. The monoisotopic (exact) mass is 393 g/mol. The van der Waals surface area contributed by atoms with Gasteiger partial charge < -0.3 is 19.3 Å². The molecule has 2 aliphatic heterocycles. The van der Waals surface area contributed by atoms with Crippen LogP contribution < -0.4 is 4.74 Å². The summed E-state index contributed by atoms with van der Waals surface area (Å²) in [5.41, 5.74) is 4.12. The lowest BCUT2D eigenvalue weighted by molar-refractivity contribution is -0.134. The fraction of sp³-hybridized carbons (Fsp3) is 0.391. The first-order valence-corrected chi connectivity index (χ1v) is 10.0. The summed E-state index contributed by atoms with van der Waals surface area (Å²) in [5, 5.41) is 0. The summed E-state index contributed by atoms with van der Waals surface area (Å²) in [7, 11) is 1.56. The quantitative estimate of drug-likeness (QED) is 0.781. The lowest BCUT2D eigenvalue weighted by Gasteiger charge is -2.25. The van der Waals surface area contributed by atoms with Gasteiger partial charge in [0.2, 0.25) is 5.91 Å². The standard InChI is InChI=1S/C23H27N3O3/c1-16-6-8-20-18(13-16)23(24-19-7-5-17(2)14-21(19)29-20)26-10-4-9-25(11-12-26)22(27)15-28-3/h5-8,13-14H,4,9-12,15H2,1-3H3. The normalized spacial score (nSPS) is 16.2. The average molecular weight is 393 g/mol. The number of fused-ring (bicyclic) bond motifs is 2. The molecule has 1 amide bonds. The van der Waals surface area contributed by atoms with Gasteiger partial charge in [-0.3, -0.25) is 4.79 Å². The van der Waals surface area contributed by atoms with Crippen molar-refractivity contribution in [2.45, 2.75) is 20.3 Å². The van der Waals surface area contributed by atoms with E-state index in [4.69, 9.17) is 14.5 Å². The zero-order valence-electron chi connectivity index (χ0n) is 17.3. The topological polar surface area (TPSA) is 54.4 Å². The molecule has 152 valence electrons. The zero-order chi connectivity index (χ0) is 20.4. The van der Waals surface area contributed by atoms with E-state index < -0.39 is 0 Å². The Morgan fingerprint density at radius 3 is 2.66 bits per heavy atom. The first kappa shape index (κ1) is 19.5. The molecule has 0 spiro atoms. The van der Waals surface area contributed by atoms with Crippen LogP contribution in [0.4, 0.5) is 5.69 Å². The number of rotatable bonds is 2. The molecule has 2 aliphatic rings. The van der Waals surface area contributed by atoms with Crippen molar-refractivity contribution in [3.63, 3.8) is 0 Å². The van der Waals surface area contributed by atoms with Crippen LogP contribution in [0.15, 0.2) is 41.4 Å². The molecule has 0 unspecified atom stereocenters. The summed E-state index contributed by atoms with van der Waals surface area (Å²) in [6, 6.07) is 12.3. The van der Waals surface area contributed by atoms with Gasteiger partial charge in [0, 0.05) is 33.3 Å². The van der Waals surface area contributed by atoms with Gasteiger partial charge in [0.25, 0.3) is 0 Å². The predicted molar refractivity (Wildman–Crippen MR) is 113 cm³/mol. The molecule has 2 aromatic rings. The molecular formula is C23H27N3O3. The van der Waals surface area contributed by atoms with E-state index in [1.807, 2.05) is 23.1 Å². The minimum absolute atomic E-state index is 0.0394. The van der Waals surface area contributed by atoms with E-state index in [9.17, 15) is 4.79 Å². The van der Waals surface area contributed by atoms with Crippen LogP contribution in [0.25, 0.3) is 0 Å². The summed E-state index contributed by atoms with van der Waals surface area (Å²) in [6.07, 6.45) is 0.886. The van der Waals surface area contributed by atoms with Crippen LogP contribution in [-0.4, -0.2) is 61.4 Å². The highest BCUT2D eigenvalue weighted by atomic mass is 16.5. The van der Waals surface area contributed by atoms with E-state index in [1.165, 1.54) is 0 Å². The maximum absolute atomic E-state index is 12.3. The third-order valence-corrected chi connectivity index (χ3v) is 5.35. The van der Waals surface area contributed by atoms with Crippen molar-refractivity contribution in [2.75, 3.05) is 39.9 Å². The number of carbonyl (C=O) groups is 1. The third kappa shape index (κ3) is 4.12. The van der Waals surface area contributed by atoms with Crippen LogP contribution in [0.3, 0.4) is 0 Å². The van der Waals surface area contributed by atoms with Crippen LogP contribution in [0.5, 0.6) is 11.5 Å². The van der Waals surface area contributed by atoms with E-state index in [0.29, 0.717) is 6.54 Å². The number of hydrogen-bond acceptors (Lipinski definition) is 5. The molecule has 6 heteroatoms. The summed E-state index contributed by atoms with van der Waals surface area (Å²) < 4.78 is 11.3. The summed E-state index contributed by atoms with van der Waals surface area (Å²) in [6.45, 7) is 7.21. The highest BCUT2D eigenvalue weighted by molar-refractivity contribution is 6.04. The van der Waals surface area contributed by atoms with E-state index in [2.05, 4.69) is 36.9 Å².